The third kappa shape index (κ3) is 3.44. The van der Waals surface area contributed by atoms with Crippen LogP contribution in [0.3, 0.4) is 0 Å². The molecule has 0 aromatic heterocycles. The Hall–Kier alpha value is -1.57. The highest BCUT2D eigenvalue weighted by molar-refractivity contribution is 5.89. The third-order valence-electron chi connectivity index (χ3n) is 5.33. The van der Waals surface area contributed by atoms with Crippen LogP contribution in [0.2, 0.25) is 0 Å². The van der Waals surface area contributed by atoms with Gasteiger partial charge in [-0.3, -0.25) is 0 Å². The Morgan fingerprint density at radius 2 is 1.89 bits per heavy atom. The average Bonchev–Trinajstić information content (AvgIpc) is 3.06. The van der Waals surface area contributed by atoms with Gasteiger partial charge in [-0.2, -0.15) is 0 Å². The Balaban J connectivity index is 1.85. The van der Waals surface area contributed by atoms with E-state index in [0.717, 1.165) is 6.26 Å². The van der Waals surface area contributed by atoms with E-state index >= 15 is 0 Å². The van der Waals surface area contributed by atoms with E-state index in [0.29, 0.717) is 0 Å². The van der Waals surface area contributed by atoms with Crippen molar-refractivity contribution < 1.29 is 54.4 Å². The fourth-order valence-electron chi connectivity index (χ4n) is 3.71. The molecule has 158 valence electrons. The highest BCUT2D eigenvalue weighted by Gasteiger charge is 2.55. The lowest BCUT2D eigenvalue weighted by Crippen LogP contribution is -2.61. The highest BCUT2D eigenvalue weighted by atomic mass is 16.8. The van der Waals surface area contributed by atoms with Crippen LogP contribution in [-0.2, 0) is 23.7 Å². The Kier molecular flexibility index (Phi) is 6.08. The molecule has 28 heavy (non-hydrogen) atoms. The molecule has 6 N–H and O–H groups in total. The number of hydrogen-bond acceptors (Lipinski definition) is 11. The van der Waals surface area contributed by atoms with Crippen LogP contribution in [0, 0.1) is 11.8 Å². The molecule has 0 saturated carbocycles. The monoisotopic (exact) mass is 404 g/mol. The fraction of sp³-hybridized carbons (Fsp3) is 0.706. The van der Waals surface area contributed by atoms with Crippen LogP contribution >= 0.6 is 0 Å². The van der Waals surface area contributed by atoms with Gasteiger partial charge in [-0.15, -0.1) is 0 Å². The van der Waals surface area contributed by atoms with Crippen molar-refractivity contribution >= 4 is 5.97 Å². The third-order valence-corrected chi connectivity index (χ3v) is 5.33. The first-order chi connectivity index (χ1) is 13.3. The van der Waals surface area contributed by atoms with Crippen molar-refractivity contribution in [2.45, 2.75) is 42.6 Å². The summed E-state index contributed by atoms with van der Waals surface area (Å²) in [4.78, 5) is 12.0. The van der Waals surface area contributed by atoms with E-state index in [-0.39, 0.29) is 5.57 Å². The standard InChI is InChI=1S/C17H24O11/c1-25-14(23)8-5-26-15(10-7(8)2-3-17(10,24)6-19)28-16-13(22)12(21)11(20)9(4-18)27-16/h2-3,5,7,9-13,15-16,18-22,24H,4,6H2,1H3/t7-,9+,10-,11+,12-,13?,15+,16-,17-/m0/s1. The van der Waals surface area contributed by atoms with Gasteiger partial charge in [-0.05, 0) is 0 Å². The first-order valence-electron chi connectivity index (χ1n) is 8.69. The second kappa shape index (κ2) is 8.05. The van der Waals surface area contributed by atoms with Gasteiger partial charge in [0, 0.05) is 5.92 Å². The quantitative estimate of drug-likeness (QED) is 0.200. The van der Waals surface area contributed by atoms with Crippen molar-refractivity contribution in [1.29, 1.82) is 0 Å². The van der Waals surface area contributed by atoms with Crippen LogP contribution in [-0.4, -0.2) is 99.5 Å². The second-order valence-electron chi connectivity index (χ2n) is 6.96. The molecule has 0 amide bonds. The minimum Gasteiger partial charge on any atom is -0.471 e. The summed E-state index contributed by atoms with van der Waals surface area (Å²) in [6.07, 6.45) is -4.99. The molecule has 9 atom stereocenters. The maximum Gasteiger partial charge on any atom is 0.337 e. The molecule has 0 aromatic carbocycles. The molecule has 0 spiro atoms. The highest BCUT2D eigenvalue weighted by Crippen LogP contribution is 2.45. The van der Waals surface area contributed by atoms with Crippen molar-refractivity contribution in [1.82, 2.24) is 0 Å². The predicted molar refractivity (Wildman–Crippen MR) is 88.0 cm³/mol. The zero-order valence-corrected chi connectivity index (χ0v) is 15.0. The van der Waals surface area contributed by atoms with Crippen molar-refractivity contribution in [2.75, 3.05) is 20.3 Å². The van der Waals surface area contributed by atoms with Gasteiger partial charge in [-0.1, -0.05) is 12.2 Å². The molecule has 2 aliphatic heterocycles. The molecule has 1 aliphatic carbocycles. The average molecular weight is 404 g/mol. The summed E-state index contributed by atoms with van der Waals surface area (Å²) < 4.78 is 21.0. The summed E-state index contributed by atoms with van der Waals surface area (Å²) in [5.74, 6) is -2.40. The molecule has 11 heteroatoms. The zero-order chi connectivity index (χ0) is 20.6. The van der Waals surface area contributed by atoms with Gasteiger partial charge in [-0.25, -0.2) is 4.79 Å². The minimum absolute atomic E-state index is 0.0989. The Morgan fingerprint density at radius 3 is 2.50 bits per heavy atom. The largest absolute Gasteiger partial charge is 0.471 e. The number of esters is 1. The number of aliphatic hydroxyl groups excluding tert-OH is 5. The molecule has 3 aliphatic rings. The van der Waals surface area contributed by atoms with E-state index in [2.05, 4.69) is 0 Å². The van der Waals surface area contributed by atoms with Crippen LogP contribution in [0.25, 0.3) is 0 Å². The summed E-state index contributed by atoms with van der Waals surface area (Å²) in [7, 11) is 1.19. The smallest absolute Gasteiger partial charge is 0.337 e. The van der Waals surface area contributed by atoms with E-state index < -0.39 is 73.6 Å². The van der Waals surface area contributed by atoms with Crippen LogP contribution in [0.5, 0.6) is 0 Å². The van der Waals surface area contributed by atoms with Gasteiger partial charge in [0.05, 0.1) is 38.1 Å². The number of aliphatic hydroxyl groups is 6. The molecule has 1 fully saturated rings. The molecule has 0 aromatic rings. The zero-order valence-electron chi connectivity index (χ0n) is 15.0. The number of methoxy groups -OCH3 is 1. The lowest BCUT2D eigenvalue weighted by Gasteiger charge is -2.44. The number of carbonyl (C=O) groups is 1. The molecule has 2 heterocycles. The number of fused-ring (bicyclic) bond motifs is 1. The molecular weight excluding hydrogens is 380 g/mol. The van der Waals surface area contributed by atoms with Crippen LogP contribution in [0.4, 0.5) is 0 Å². The van der Waals surface area contributed by atoms with Crippen molar-refractivity contribution in [3.63, 3.8) is 0 Å². The maximum atomic E-state index is 12.0. The number of rotatable bonds is 5. The molecule has 1 unspecified atom stereocenters. The Bertz CT molecular complexity index is 647. The summed E-state index contributed by atoms with van der Waals surface area (Å²) in [5, 5.41) is 59.5. The lowest BCUT2D eigenvalue weighted by molar-refractivity contribution is -0.346. The normalized spacial score (nSPS) is 45.2. The van der Waals surface area contributed by atoms with Gasteiger partial charge >= 0.3 is 5.97 Å². The van der Waals surface area contributed by atoms with E-state index in [1.807, 2.05) is 0 Å². The number of carbonyl (C=O) groups excluding carboxylic acids is 1. The lowest BCUT2D eigenvalue weighted by atomic mass is 9.79. The second-order valence-corrected chi connectivity index (χ2v) is 6.96. The summed E-state index contributed by atoms with van der Waals surface area (Å²) in [5.41, 5.74) is -1.70. The molecular formula is C17H24O11. The van der Waals surface area contributed by atoms with Crippen LogP contribution in [0.1, 0.15) is 0 Å². The van der Waals surface area contributed by atoms with Crippen LogP contribution < -0.4 is 0 Å². The van der Waals surface area contributed by atoms with Gasteiger partial charge in [0.15, 0.2) is 6.29 Å². The summed E-state index contributed by atoms with van der Waals surface area (Å²) in [6, 6.07) is 0. The van der Waals surface area contributed by atoms with E-state index in [9.17, 15) is 35.4 Å². The number of allylic oxidation sites excluding steroid dienone is 1. The first kappa shape index (κ1) is 21.1. The predicted octanol–water partition coefficient (Wildman–Crippen LogP) is -3.26. The molecule has 0 radical (unpaired) electrons. The fourth-order valence-corrected chi connectivity index (χ4v) is 3.71. The summed E-state index contributed by atoms with van der Waals surface area (Å²) in [6.45, 7) is -1.34. The van der Waals surface area contributed by atoms with Gasteiger partial charge in [0.2, 0.25) is 6.29 Å². The van der Waals surface area contributed by atoms with Crippen molar-refractivity contribution in [3.8, 4) is 0 Å². The number of ether oxygens (including phenoxy) is 4. The van der Waals surface area contributed by atoms with E-state index in [4.69, 9.17) is 18.9 Å². The summed E-state index contributed by atoms with van der Waals surface area (Å²) >= 11 is 0. The van der Waals surface area contributed by atoms with Crippen molar-refractivity contribution in [2.24, 2.45) is 11.8 Å². The van der Waals surface area contributed by atoms with Crippen molar-refractivity contribution in [3.05, 3.63) is 24.0 Å². The van der Waals surface area contributed by atoms with E-state index in [1.165, 1.54) is 19.3 Å². The number of hydrogen-bond donors (Lipinski definition) is 6. The molecule has 11 nitrogen and oxygen atoms in total. The van der Waals surface area contributed by atoms with Gasteiger partial charge in [0.25, 0.3) is 0 Å². The van der Waals surface area contributed by atoms with Gasteiger partial charge in [0.1, 0.15) is 30.0 Å². The Morgan fingerprint density at radius 1 is 1.18 bits per heavy atom. The van der Waals surface area contributed by atoms with Crippen LogP contribution in [0.15, 0.2) is 24.0 Å². The molecule has 0 bridgehead atoms. The topological polar surface area (TPSA) is 175 Å². The molecule has 1 saturated heterocycles. The SMILES string of the molecule is COC(=O)C1=CO[C@H](O[C@@H]2O[C@H](CO)[C@@H](O)[C@H](O)C2O)[C@@H]2[C@H]1C=C[C@]2(O)CO. The first-order valence-corrected chi connectivity index (χ1v) is 8.69. The molecule has 3 rings (SSSR count). The minimum atomic E-state index is -1.79. The Labute approximate surface area is 160 Å². The maximum absolute atomic E-state index is 12.0. The van der Waals surface area contributed by atoms with Gasteiger partial charge < -0.3 is 49.6 Å². The van der Waals surface area contributed by atoms with E-state index in [1.54, 1.807) is 0 Å².